The standard InChI is InChI=1S/C6H6O14S4/c7-2-1-3(21(8,9)10)4(20-24(17,18)19)6(23(14,15)16)5(2)22(11,12)13/h1,7H,(H,8,9,10)(H,11,12,13)(H,14,15,16)(H,17,18,19). The van der Waals surface area contributed by atoms with E-state index in [0.717, 1.165) is 0 Å². The van der Waals surface area contributed by atoms with Gasteiger partial charge in [-0.3, -0.25) is 18.2 Å². The van der Waals surface area contributed by atoms with Crippen molar-refractivity contribution in [2.75, 3.05) is 0 Å². The van der Waals surface area contributed by atoms with E-state index < -0.39 is 66.9 Å². The van der Waals surface area contributed by atoms with E-state index >= 15 is 0 Å². The van der Waals surface area contributed by atoms with Crippen LogP contribution >= 0.6 is 0 Å². The molecule has 0 saturated heterocycles. The Morgan fingerprint density at radius 1 is 0.708 bits per heavy atom. The highest BCUT2D eigenvalue weighted by atomic mass is 32.3. The molecular formula is C6H6O14S4. The zero-order valence-electron chi connectivity index (χ0n) is 10.6. The van der Waals surface area contributed by atoms with Crippen LogP contribution in [0.5, 0.6) is 11.5 Å². The van der Waals surface area contributed by atoms with Crippen molar-refractivity contribution in [2.24, 2.45) is 0 Å². The summed E-state index contributed by atoms with van der Waals surface area (Å²) in [6.07, 6.45) is 0. The Hall–Kier alpha value is -1.54. The van der Waals surface area contributed by atoms with Crippen molar-refractivity contribution in [1.82, 2.24) is 0 Å². The third kappa shape index (κ3) is 4.51. The molecule has 0 heterocycles. The molecule has 1 aromatic carbocycles. The van der Waals surface area contributed by atoms with Crippen molar-refractivity contribution in [1.29, 1.82) is 0 Å². The lowest BCUT2D eigenvalue weighted by Gasteiger charge is -2.14. The highest BCUT2D eigenvalue weighted by Gasteiger charge is 2.38. The van der Waals surface area contributed by atoms with Crippen LogP contribution in [0.2, 0.25) is 0 Å². The molecule has 0 unspecified atom stereocenters. The van der Waals surface area contributed by atoms with Crippen LogP contribution < -0.4 is 4.18 Å². The molecule has 1 aromatic rings. The van der Waals surface area contributed by atoms with Gasteiger partial charge in [0.15, 0.2) is 15.5 Å². The number of aromatic hydroxyl groups is 1. The molecule has 0 saturated carbocycles. The molecule has 0 aromatic heterocycles. The topological polar surface area (TPSA) is 247 Å². The summed E-state index contributed by atoms with van der Waals surface area (Å²) < 4.78 is 127. The van der Waals surface area contributed by atoms with Gasteiger partial charge in [0.05, 0.1) is 0 Å². The smallest absolute Gasteiger partial charge is 0.446 e. The van der Waals surface area contributed by atoms with E-state index in [1.807, 2.05) is 0 Å². The molecule has 0 aliphatic heterocycles. The molecular weight excluding hydrogens is 424 g/mol. The van der Waals surface area contributed by atoms with E-state index in [1.165, 1.54) is 0 Å². The average Bonchev–Trinajstić information content (AvgIpc) is 2.23. The second-order valence-electron chi connectivity index (χ2n) is 3.82. The van der Waals surface area contributed by atoms with E-state index in [2.05, 4.69) is 4.18 Å². The SMILES string of the molecule is O=S(=O)(O)Oc1c(S(=O)(=O)O)cc(O)c(S(=O)(=O)O)c1S(=O)(=O)O. The van der Waals surface area contributed by atoms with Crippen LogP contribution in [0.1, 0.15) is 0 Å². The number of hydrogen-bond donors (Lipinski definition) is 5. The van der Waals surface area contributed by atoms with Crippen molar-refractivity contribution >= 4 is 40.8 Å². The molecule has 0 spiro atoms. The van der Waals surface area contributed by atoms with Gasteiger partial charge in [-0.15, -0.1) is 0 Å². The van der Waals surface area contributed by atoms with E-state index in [0.29, 0.717) is 0 Å². The lowest BCUT2D eigenvalue weighted by molar-refractivity contribution is 0.368. The number of hydrogen-bond acceptors (Lipinski definition) is 10. The predicted octanol–water partition coefficient (Wildman–Crippen LogP) is -1.69. The Morgan fingerprint density at radius 3 is 1.42 bits per heavy atom. The summed E-state index contributed by atoms with van der Waals surface area (Å²) in [6, 6.07) is -0.215. The van der Waals surface area contributed by atoms with Gasteiger partial charge >= 0.3 is 10.4 Å². The Morgan fingerprint density at radius 2 is 1.12 bits per heavy atom. The minimum atomic E-state index is -5.90. The van der Waals surface area contributed by atoms with Gasteiger partial charge in [-0.05, 0) is 0 Å². The summed E-state index contributed by atoms with van der Waals surface area (Å²) in [6.45, 7) is 0. The molecule has 0 radical (unpaired) electrons. The summed E-state index contributed by atoms with van der Waals surface area (Å²) in [5.41, 5.74) is 0. The average molecular weight is 430 g/mol. The maximum Gasteiger partial charge on any atom is 0.446 e. The van der Waals surface area contributed by atoms with Gasteiger partial charge in [-0.1, -0.05) is 0 Å². The normalized spacial score (nSPS) is 13.7. The van der Waals surface area contributed by atoms with Gasteiger partial charge < -0.3 is 9.29 Å². The van der Waals surface area contributed by atoms with Gasteiger partial charge in [0.1, 0.15) is 10.6 Å². The van der Waals surface area contributed by atoms with Gasteiger partial charge in [0.25, 0.3) is 30.4 Å². The zero-order chi connectivity index (χ0) is 19.3. The Balaban J connectivity index is 4.37. The highest BCUT2D eigenvalue weighted by Crippen LogP contribution is 2.42. The first kappa shape index (κ1) is 20.5. The van der Waals surface area contributed by atoms with Crippen molar-refractivity contribution in [3.63, 3.8) is 0 Å². The van der Waals surface area contributed by atoms with E-state index in [1.54, 1.807) is 0 Å². The largest absolute Gasteiger partial charge is 0.506 e. The minimum absolute atomic E-state index is 0.215. The van der Waals surface area contributed by atoms with E-state index in [9.17, 15) is 38.8 Å². The van der Waals surface area contributed by atoms with Gasteiger partial charge in [0.2, 0.25) is 0 Å². The predicted molar refractivity (Wildman–Crippen MR) is 69.7 cm³/mol. The van der Waals surface area contributed by atoms with Gasteiger partial charge in [-0.2, -0.15) is 33.7 Å². The molecule has 0 fully saturated rings. The maximum absolute atomic E-state index is 11.3. The van der Waals surface area contributed by atoms with Crippen LogP contribution in [0.3, 0.4) is 0 Å². The first-order chi connectivity index (χ1) is 10.4. The molecule has 0 amide bonds. The molecule has 0 atom stereocenters. The van der Waals surface area contributed by atoms with Crippen LogP contribution in [0.15, 0.2) is 20.8 Å². The minimum Gasteiger partial charge on any atom is -0.506 e. The zero-order valence-corrected chi connectivity index (χ0v) is 13.9. The molecule has 24 heavy (non-hydrogen) atoms. The van der Waals surface area contributed by atoms with E-state index in [-0.39, 0.29) is 6.07 Å². The van der Waals surface area contributed by atoms with Crippen LogP contribution in [-0.2, 0) is 40.8 Å². The molecule has 0 bridgehead atoms. The molecule has 1 rings (SSSR count). The molecule has 0 aliphatic rings. The number of phenolic OH excluding ortho intramolecular Hbond substituents is 1. The van der Waals surface area contributed by atoms with Crippen molar-refractivity contribution in [3.05, 3.63) is 6.07 Å². The summed E-state index contributed by atoms with van der Waals surface area (Å²) in [4.78, 5) is -6.20. The first-order valence-corrected chi connectivity index (χ1v) is 10.5. The third-order valence-electron chi connectivity index (χ3n) is 2.12. The Kier molecular flexibility index (Phi) is 4.93. The second-order valence-corrected chi connectivity index (χ2v) is 8.95. The van der Waals surface area contributed by atoms with Gasteiger partial charge in [0, 0.05) is 6.07 Å². The maximum atomic E-state index is 11.3. The molecule has 138 valence electrons. The molecule has 14 nitrogen and oxygen atoms in total. The lowest BCUT2D eigenvalue weighted by atomic mass is 10.3. The molecule has 5 N–H and O–H groups in total. The van der Waals surface area contributed by atoms with Crippen molar-refractivity contribution < 1.29 is 61.2 Å². The highest BCUT2D eigenvalue weighted by molar-refractivity contribution is 7.89. The second kappa shape index (κ2) is 5.77. The summed E-state index contributed by atoms with van der Waals surface area (Å²) in [5.74, 6) is -3.94. The fraction of sp³-hybridized carbons (Fsp3) is 0. The Bertz CT molecular complexity index is 1100. The van der Waals surface area contributed by atoms with Crippen LogP contribution in [-0.4, -0.2) is 57.0 Å². The lowest BCUT2D eigenvalue weighted by Crippen LogP contribution is -2.17. The van der Waals surface area contributed by atoms with Crippen molar-refractivity contribution in [3.8, 4) is 11.5 Å². The van der Waals surface area contributed by atoms with Crippen LogP contribution in [0.25, 0.3) is 0 Å². The summed E-state index contributed by atoms with van der Waals surface area (Å²) >= 11 is 0. The van der Waals surface area contributed by atoms with Crippen molar-refractivity contribution in [2.45, 2.75) is 14.7 Å². The monoisotopic (exact) mass is 430 g/mol. The third-order valence-corrected chi connectivity index (χ3v) is 5.32. The van der Waals surface area contributed by atoms with Crippen LogP contribution in [0.4, 0.5) is 0 Å². The summed E-state index contributed by atoms with van der Waals surface area (Å²) in [7, 11) is -22.9. The molecule has 18 heteroatoms. The quantitative estimate of drug-likeness (QED) is 0.327. The number of rotatable bonds is 5. The fourth-order valence-electron chi connectivity index (χ4n) is 1.45. The first-order valence-electron chi connectivity index (χ1n) is 4.85. The van der Waals surface area contributed by atoms with Gasteiger partial charge in [-0.25, -0.2) is 0 Å². The van der Waals surface area contributed by atoms with Crippen LogP contribution in [0, 0.1) is 0 Å². The fourth-order valence-corrected chi connectivity index (χ4v) is 4.65. The molecule has 0 aliphatic carbocycles. The number of phenols is 1. The Labute approximate surface area is 134 Å². The number of benzene rings is 1. The van der Waals surface area contributed by atoms with E-state index in [4.69, 9.17) is 18.2 Å². The summed E-state index contributed by atoms with van der Waals surface area (Å²) in [5, 5.41) is 9.40.